The molecule has 2 N–H and O–H groups in total. The lowest BCUT2D eigenvalue weighted by molar-refractivity contribution is -0.119. The van der Waals surface area contributed by atoms with E-state index in [0.29, 0.717) is 17.7 Å². The number of aromatic nitrogens is 1. The molecule has 0 aliphatic rings. The topological polar surface area (TPSA) is 71.1 Å². The Kier molecular flexibility index (Phi) is 5.05. The molecule has 2 amide bonds. The zero-order chi connectivity index (χ0) is 15.2. The van der Waals surface area contributed by atoms with Gasteiger partial charge in [0.15, 0.2) is 0 Å². The molecule has 5 nitrogen and oxygen atoms in total. The average Bonchev–Trinajstić information content (AvgIpc) is 2.49. The summed E-state index contributed by atoms with van der Waals surface area (Å²) in [5.74, 6) is -0.283. The third kappa shape index (κ3) is 4.39. The highest BCUT2D eigenvalue weighted by atomic mass is 79.9. The maximum atomic E-state index is 12.0. The molecule has 0 fully saturated rings. The van der Waals surface area contributed by atoms with Gasteiger partial charge < -0.3 is 10.6 Å². The SMILES string of the molecule is CNC(=O)Cc1ccc(NC(=O)c2cncc(Br)c2)cc1. The maximum Gasteiger partial charge on any atom is 0.257 e. The van der Waals surface area contributed by atoms with Crippen LogP contribution in [0.4, 0.5) is 5.69 Å². The summed E-state index contributed by atoms with van der Waals surface area (Å²) in [6, 6.07) is 8.85. The number of benzene rings is 1. The summed E-state index contributed by atoms with van der Waals surface area (Å²) in [6.07, 6.45) is 3.44. The van der Waals surface area contributed by atoms with Gasteiger partial charge in [-0.1, -0.05) is 12.1 Å². The molecule has 0 bridgehead atoms. The van der Waals surface area contributed by atoms with Gasteiger partial charge in [-0.05, 0) is 39.7 Å². The Morgan fingerprint density at radius 2 is 1.90 bits per heavy atom. The molecular formula is C15H14BrN3O2. The van der Waals surface area contributed by atoms with Crippen molar-refractivity contribution in [3.63, 3.8) is 0 Å². The van der Waals surface area contributed by atoms with Gasteiger partial charge in [-0.2, -0.15) is 0 Å². The van der Waals surface area contributed by atoms with Crippen LogP contribution in [0.5, 0.6) is 0 Å². The fourth-order valence-electron chi connectivity index (χ4n) is 1.72. The lowest BCUT2D eigenvalue weighted by Crippen LogP contribution is -2.19. The quantitative estimate of drug-likeness (QED) is 0.891. The monoisotopic (exact) mass is 347 g/mol. The fraction of sp³-hybridized carbons (Fsp3) is 0.133. The highest BCUT2D eigenvalue weighted by Crippen LogP contribution is 2.14. The standard InChI is InChI=1S/C15H14BrN3O2/c1-17-14(20)6-10-2-4-13(5-3-10)19-15(21)11-7-12(16)9-18-8-11/h2-5,7-9H,6H2,1H3,(H,17,20)(H,19,21). The number of hydrogen-bond donors (Lipinski definition) is 2. The molecule has 0 radical (unpaired) electrons. The molecule has 6 heteroatoms. The van der Waals surface area contributed by atoms with Gasteiger partial charge in [-0.3, -0.25) is 14.6 Å². The normalized spacial score (nSPS) is 10.0. The van der Waals surface area contributed by atoms with Crippen LogP contribution in [-0.4, -0.2) is 23.8 Å². The number of halogens is 1. The largest absolute Gasteiger partial charge is 0.359 e. The van der Waals surface area contributed by atoms with Crippen LogP contribution in [0.15, 0.2) is 47.2 Å². The molecule has 0 unspecified atom stereocenters. The fourth-order valence-corrected chi connectivity index (χ4v) is 2.08. The van der Waals surface area contributed by atoms with E-state index in [-0.39, 0.29) is 11.8 Å². The van der Waals surface area contributed by atoms with Crippen LogP contribution >= 0.6 is 15.9 Å². The number of nitrogens with zero attached hydrogens (tertiary/aromatic N) is 1. The van der Waals surface area contributed by atoms with E-state index in [4.69, 9.17) is 0 Å². The van der Waals surface area contributed by atoms with E-state index in [0.717, 1.165) is 10.0 Å². The van der Waals surface area contributed by atoms with E-state index in [9.17, 15) is 9.59 Å². The van der Waals surface area contributed by atoms with E-state index < -0.39 is 0 Å². The molecule has 1 heterocycles. The zero-order valence-corrected chi connectivity index (χ0v) is 13.0. The molecule has 1 aromatic heterocycles. The predicted octanol–water partition coefficient (Wildman–Crippen LogP) is 2.38. The van der Waals surface area contributed by atoms with Crippen LogP contribution in [0.2, 0.25) is 0 Å². The van der Waals surface area contributed by atoms with Gasteiger partial charge in [0.1, 0.15) is 0 Å². The van der Waals surface area contributed by atoms with E-state index in [1.165, 1.54) is 6.20 Å². The van der Waals surface area contributed by atoms with Crippen LogP contribution < -0.4 is 10.6 Å². The number of anilines is 1. The minimum Gasteiger partial charge on any atom is -0.359 e. The van der Waals surface area contributed by atoms with E-state index in [1.807, 2.05) is 12.1 Å². The summed E-state index contributed by atoms with van der Waals surface area (Å²) in [6.45, 7) is 0. The summed E-state index contributed by atoms with van der Waals surface area (Å²) in [5, 5.41) is 5.35. The van der Waals surface area contributed by atoms with Crippen molar-refractivity contribution in [2.24, 2.45) is 0 Å². The lowest BCUT2D eigenvalue weighted by Gasteiger charge is -2.06. The maximum absolute atomic E-state index is 12.0. The van der Waals surface area contributed by atoms with Gasteiger partial charge in [0.05, 0.1) is 12.0 Å². The molecule has 0 atom stereocenters. The number of nitrogens with one attached hydrogen (secondary N) is 2. The number of likely N-dealkylation sites (N-methyl/N-ethyl adjacent to an activating group) is 1. The molecule has 0 spiro atoms. The smallest absolute Gasteiger partial charge is 0.257 e. The molecule has 2 rings (SSSR count). The molecule has 21 heavy (non-hydrogen) atoms. The first kappa shape index (κ1) is 15.2. The summed E-state index contributed by atoms with van der Waals surface area (Å²) in [7, 11) is 1.60. The minimum atomic E-state index is -0.233. The lowest BCUT2D eigenvalue weighted by atomic mass is 10.1. The van der Waals surface area contributed by atoms with Crippen molar-refractivity contribution in [1.82, 2.24) is 10.3 Å². The molecule has 0 saturated heterocycles. The van der Waals surface area contributed by atoms with Crippen molar-refractivity contribution < 1.29 is 9.59 Å². The van der Waals surface area contributed by atoms with Gasteiger partial charge in [0.2, 0.25) is 5.91 Å². The zero-order valence-electron chi connectivity index (χ0n) is 11.4. The Bertz CT molecular complexity index is 656. The van der Waals surface area contributed by atoms with Crippen molar-refractivity contribution in [1.29, 1.82) is 0 Å². The second-order valence-electron chi connectivity index (χ2n) is 4.39. The number of carbonyl (C=O) groups excluding carboxylic acids is 2. The number of hydrogen-bond acceptors (Lipinski definition) is 3. The van der Waals surface area contributed by atoms with Gasteiger partial charge in [0.25, 0.3) is 5.91 Å². The number of pyridine rings is 1. The molecular weight excluding hydrogens is 334 g/mol. The van der Waals surface area contributed by atoms with Crippen LogP contribution in [0, 0.1) is 0 Å². The Morgan fingerprint density at radius 1 is 1.19 bits per heavy atom. The van der Waals surface area contributed by atoms with Crippen molar-refractivity contribution in [3.8, 4) is 0 Å². The van der Waals surface area contributed by atoms with Crippen LogP contribution in [0.3, 0.4) is 0 Å². The van der Waals surface area contributed by atoms with Crippen molar-refractivity contribution in [2.45, 2.75) is 6.42 Å². The Balaban J connectivity index is 2.03. The van der Waals surface area contributed by atoms with Crippen molar-refractivity contribution in [2.75, 3.05) is 12.4 Å². The van der Waals surface area contributed by atoms with Gasteiger partial charge in [0, 0.05) is 29.6 Å². The van der Waals surface area contributed by atoms with Crippen LogP contribution in [0.1, 0.15) is 15.9 Å². The number of amides is 2. The second-order valence-corrected chi connectivity index (χ2v) is 5.31. The van der Waals surface area contributed by atoms with Crippen LogP contribution in [0.25, 0.3) is 0 Å². The Labute approximate surface area is 130 Å². The predicted molar refractivity (Wildman–Crippen MR) is 84.1 cm³/mol. The first-order valence-corrected chi connectivity index (χ1v) is 7.09. The molecule has 0 aliphatic heterocycles. The molecule has 1 aromatic carbocycles. The molecule has 0 aliphatic carbocycles. The van der Waals surface area contributed by atoms with Gasteiger partial charge in [-0.15, -0.1) is 0 Å². The van der Waals surface area contributed by atoms with Crippen LogP contribution in [-0.2, 0) is 11.2 Å². The average molecular weight is 348 g/mol. The van der Waals surface area contributed by atoms with Gasteiger partial charge >= 0.3 is 0 Å². The molecule has 0 saturated carbocycles. The number of carbonyl (C=O) groups is 2. The molecule has 2 aromatic rings. The summed E-state index contributed by atoms with van der Waals surface area (Å²) in [5.41, 5.74) is 2.02. The summed E-state index contributed by atoms with van der Waals surface area (Å²) >= 11 is 3.27. The van der Waals surface area contributed by atoms with E-state index >= 15 is 0 Å². The van der Waals surface area contributed by atoms with Gasteiger partial charge in [-0.25, -0.2) is 0 Å². The number of rotatable bonds is 4. The van der Waals surface area contributed by atoms with Crippen molar-refractivity contribution >= 4 is 33.4 Å². The highest BCUT2D eigenvalue weighted by Gasteiger charge is 2.07. The third-order valence-corrected chi connectivity index (χ3v) is 3.26. The highest BCUT2D eigenvalue weighted by molar-refractivity contribution is 9.10. The summed E-state index contributed by atoms with van der Waals surface area (Å²) in [4.78, 5) is 27.3. The van der Waals surface area contributed by atoms with Crippen molar-refractivity contribution in [3.05, 3.63) is 58.3 Å². The Morgan fingerprint density at radius 3 is 2.52 bits per heavy atom. The van der Waals surface area contributed by atoms with E-state index in [2.05, 4.69) is 31.5 Å². The summed E-state index contributed by atoms with van der Waals surface area (Å²) < 4.78 is 0.746. The first-order valence-electron chi connectivity index (χ1n) is 6.30. The molecule has 108 valence electrons. The minimum absolute atomic E-state index is 0.0491. The third-order valence-electron chi connectivity index (χ3n) is 2.82. The Hall–Kier alpha value is -2.21. The van der Waals surface area contributed by atoms with E-state index in [1.54, 1.807) is 31.4 Å². The first-order chi connectivity index (χ1) is 10.1. The second kappa shape index (κ2) is 6.99.